The fourth-order valence-electron chi connectivity index (χ4n) is 1.96. The van der Waals surface area contributed by atoms with Crippen molar-refractivity contribution in [2.75, 3.05) is 6.54 Å². The maximum atomic E-state index is 5.53. The molecule has 0 saturated heterocycles. The largest absolute Gasteiger partial charge is 0.342 e. The average Bonchev–Trinajstić information content (AvgIpc) is 3.03. The third-order valence-electron chi connectivity index (χ3n) is 2.94. The van der Waals surface area contributed by atoms with Crippen molar-refractivity contribution >= 4 is 22.4 Å². The summed E-state index contributed by atoms with van der Waals surface area (Å²) in [6.45, 7) is 2.69. The maximum Gasteiger partial charge on any atom is 0.147 e. The molecule has 0 bridgehead atoms. The Morgan fingerprint density at radius 2 is 2.21 bits per heavy atom. The van der Waals surface area contributed by atoms with Gasteiger partial charge in [-0.1, -0.05) is 18.3 Å². The number of aromatic nitrogens is 4. The van der Waals surface area contributed by atoms with E-state index in [0.717, 1.165) is 45.3 Å². The van der Waals surface area contributed by atoms with Crippen molar-refractivity contribution < 1.29 is 0 Å². The molecule has 2 heterocycles. The number of imidazole rings is 1. The van der Waals surface area contributed by atoms with Gasteiger partial charge in [0, 0.05) is 18.4 Å². The maximum absolute atomic E-state index is 5.53. The van der Waals surface area contributed by atoms with Gasteiger partial charge in [0.15, 0.2) is 0 Å². The number of hydrogen-bond donors (Lipinski definition) is 2. The Morgan fingerprint density at radius 3 is 3.00 bits per heavy atom. The summed E-state index contributed by atoms with van der Waals surface area (Å²) in [5.74, 6) is 1.01. The van der Waals surface area contributed by atoms with Crippen molar-refractivity contribution in [1.82, 2.24) is 20.2 Å². The molecule has 1 aromatic carbocycles. The van der Waals surface area contributed by atoms with Gasteiger partial charge in [0.1, 0.15) is 15.8 Å². The van der Waals surface area contributed by atoms with Crippen LogP contribution in [-0.2, 0) is 12.8 Å². The summed E-state index contributed by atoms with van der Waals surface area (Å²) in [7, 11) is 0. The molecule has 0 fully saturated rings. The summed E-state index contributed by atoms with van der Waals surface area (Å²) in [6, 6.07) is 6.13. The second-order valence-corrected chi connectivity index (χ2v) is 5.37. The topological polar surface area (TPSA) is 80.5 Å². The number of rotatable bonds is 4. The van der Waals surface area contributed by atoms with Gasteiger partial charge in [-0.25, -0.2) is 4.98 Å². The van der Waals surface area contributed by atoms with E-state index < -0.39 is 0 Å². The zero-order chi connectivity index (χ0) is 13.2. The van der Waals surface area contributed by atoms with Gasteiger partial charge >= 0.3 is 0 Å². The number of aromatic amines is 1. The van der Waals surface area contributed by atoms with Gasteiger partial charge in [-0.2, -0.15) is 0 Å². The fourth-order valence-corrected chi connectivity index (χ4v) is 2.81. The Balaban J connectivity index is 1.99. The molecule has 19 heavy (non-hydrogen) atoms. The van der Waals surface area contributed by atoms with E-state index in [1.807, 2.05) is 12.1 Å². The highest BCUT2D eigenvalue weighted by molar-refractivity contribution is 7.14. The lowest BCUT2D eigenvalue weighted by molar-refractivity contribution is 0.913. The number of nitrogens with zero attached hydrogens (tertiary/aromatic N) is 3. The van der Waals surface area contributed by atoms with Crippen LogP contribution in [0.3, 0.4) is 0 Å². The molecule has 5 nitrogen and oxygen atoms in total. The molecular weight excluding hydrogens is 258 g/mol. The Kier molecular flexibility index (Phi) is 3.27. The molecule has 0 aliphatic rings. The molecule has 3 aromatic rings. The van der Waals surface area contributed by atoms with Gasteiger partial charge in [-0.3, -0.25) is 0 Å². The molecule has 3 rings (SSSR count). The summed E-state index contributed by atoms with van der Waals surface area (Å²) >= 11 is 1.60. The highest BCUT2D eigenvalue weighted by atomic mass is 32.1. The second-order valence-electron chi connectivity index (χ2n) is 4.31. The molecule has 2 aromatic heterocycles. The SMILES string of the molecule is CCc1nc2ccc(-c3nnc(CCN)s3)cc2[nH]1. The van der Waals surface area contributed by atoms with Gasteiger partial charge in [-0.05, 0) is 24.7 Å². The van der Waals surface area contributed by atoms with E-state index >= 15 is 0 Å². The molecule has 0 saturated carbocycles. The van der Waals surface area contributed by atoms with Crippen molar-refractivity contribution in [3.8, 4) is 10.6 Å². The van der Waals surface area contributed by atoms with Crippen molar-refractivity contribution in [3.63, 3.8) is 0 Å². The van der Waals surface area contributed by atoms with E-state index in [1.54, 1.807) is 11.3 Å². The molecule has 0 atom stereocenters. The fraction of sp³-hybridized carbons (Fsp3) is 0.308. The van der Waals surface area contributed by atoms with Crippen LogP contribution in [0.25, 0.3) is 21.6 Å². The number of nitrogens with one attached hydrogen (secondary N) is 1. The van der Waals surface area contributed by atoms with Crippen molar-refractivity contribution in [2.24, 2.45) is 5.73 Å². The van der Waals surface area contributed by atoms with E-state index in [2.05, 4.69) is 33.2 Å². The first-order valence-corrected chi connectivity index (χ1v) is 7.13. The van der Waals surface area contributed by atoms with E-state index in [4.69, 9.17) is 5.73 Å². The lowest BCUT2D eigenvalue weighted by atomic mass is 10.2. The zero-order valence-electron chi connectivity index (χ0n) is 10.7. The van der Waals surface area contributed by atoms with Crippen LogP contribution in [-0.4, -0.2) is 26.7 Å². The van der Waals surface area contributed by atoms with Crippen LogP contribution in [0, 0.1) is 0 Å². The normalized spacial score (nSPS) is 11.3. The highest BCUT2D eigenvalue weighted by Gasteiger charge is 2.08. The first-order valence-electron chi connectivity index (χ1n) is 6.31. The minimum absolute atomic E-state index is 0.605. The molecule has 0 aliphatic carbocycles. The lowest BCUT2D eigenvalue weighted by Crippen LogP contribution is -2.01. The Hall–Kier alpha value is -1.79. The van der Waals surface area contributed by atoms with E-state index in [-0.39, 0.29) is 0 Å². The predicted octanol–water partition coefficient (Wildman–Crippen LogP) is 2.15. The van der Waals surface area contributed by atoms with Crippen molar-refractivity contribution in [1.29, 1.82) is 0 Å². The molecule has 0 aliphatic heterocycles. The highest BCUT2D eigenvalue weighted by Crippen LogP contribution is 2.26. The van der Waals surface area contributed by atoms with Crippen LogP contribution in [0.2, 0.25) is 0 Å². The molecule has 6 heteroatoms. The van der Waals surface area contributed by atoms with Crippen LogP contribution in [0.5, 0.6) is 0 Å². The minimum Gasteiger partial charge on any atom is -0.342 e. The van der Waals surface area contributed by atoms with Gasteiger partial charge in [0.05, 0.1) is 11.0 Å². The number of nitrogens with two attached hydrogens (primary N) is 1. The lowest BCUT2D eigenvalue weighted by Gasteiger charge is -1.94. The second kappa shape index (κ2) is 5.07. The molecule has 0 spiro atoms. The van der Waals surface area contributed by atoms with Gasteiger partial charge in [0.25, 0.3) is 0 Å². The van der Waals surface area contributed by atoms with Crippen molar-refractivity contribution in [2.45, 2.75) is 19.8 Å². The third-order valence-corrected chi connectivity index (χ3v) is 3.97. The first kappa shape index (κ1) is 12.3. The molecule has 3 N–H and O–H groups in total. The predicted molar refractivity (Wildman–Crippen MR) is 77.1 cm³/mol. The Bertz CT molecular complexity index is 700. The average molecular weight is 273 g/mol. The van der Waals surface area contributed by atoms with Crippen LogP contribution in [0.15, 0.2) is 18.2 Å². The summed E-state index contributed by atoms with van der Waals surface area (Å²) in [5, 5.41) is 10.3. The van der Waals surface area contributed by atoms with E-state index in [9.17, 15) is 0 Å². The molecule has 0 unspecified atom stereocenters. The summed E-state index contributed by atoms with van der Waals surface area (Å²) in [6.07, 6.45) is 1.69. The molecule has 0 radical (unpaired) electrons. The number of hydrogen-bond acceptors (Lipinski definition) is 5. The number of aryl methyl sites for hydroxylation is 1. The van der Waals surface area contributed by atoms with E-state index in [0.29, 0.717) is 6.54 Å². The Morgan fingerprint density at radius 1 is 1.32 bits per heavy atom. The van der Waals surface area contributed by atoms with Gasteiger partial charge in [-0.15, -0.1) is 10.2 Å². The Labute approximate surface area is 114 Å². The zero-order valence-corrected chi connectivity index (χ0v) is 11.5. The van der Waals surface area contributed by atoms with Crippen LogP contribution >= 0.6 is 11.3 Å². The monoisotopic (exact) mass is 273 g/mol. The quantitative estimate of drug-likeness (QED) is 0.763. The van der Waals surface area contributed by atoms with E-state index in [1.165, 1.54) is 0 Å². The smallest absolute Gasteiger partial charge is 0.147 e. The van der Waals surface area contributed by atoms with Gasteiger partial charge in [0.2, 0.25) is 0 Å². The summed E-state index contributed by atoms with van der Waals surface area (Å²) in [4.78, 5) is 7.81. The standard InChI is InChI=1S/C13H15N5S/c1-2-11-15-9-4-3-8(7-10(9)16-11)13-18-17-12(19-13)5-6-14/h3-4,7H,2,5-6,14H2,1H3,(H,15,16). The molecular formula is C13H15N5S. The number of benzene rings is 1. The summed E-state index contributed by atoms with van der Waals surface area (Å²) < 4.78 is 0. The van der Waals surface area contributed by atoms with Crippen LogP contribution in [0.1, 0.15) is 17.8 Å². The molecule has 98 valence electrons. The van der Waals surface area contributed by atoms with Gasteiger partial charge < -0.3 is 10.7 Å². The third kappa shape index (κ3) is 2.36. The number of H-pyrrole nitrogens is 1. The van der Waals surface area contributed by atoms with Crippen LogP contribution in [0.4, 0.5) is 0 Å². The minimum atomic E-state index is 0.605. The van der Waals surface area contributed by atoms with Crippen molar-refractivity contribution in [3.05, 3.63) is 29.0 Å². The van der Waals surface area contributed by atoms with Crippen LogP contribution < -0.4 is 5.73 Å². The molecule has 0 amide bonds. The number of fused-ring (bicyclic) bond motifs is 1. The summed E-state index contributed by atoms with van der Waals surface area (Å²) in [5.41, 5.74) is 8.63. The first-order chi connectivity index (χ1) is 9.30.